The van der Waals surface area contributed by atoms with Gasteiger partial charge in [-0.1, -0.05) is 48.5 Å². The van der Waals surface area contributed by atoms with Gasteiger partial charge < -0.3 is 18.4 Å². The first-order valence-corrected chi connectivity index (χ1v) is 9.97. The van der Waals surface area contributed by atoms with E-state index in [1.54, 1.807) is 27.4 Å². The Hall–Kier alpha value is -2.25. The molecule has 3 aromatic carbocycles. The molecule has 25 heavy (non-hydrogen) atoms. The molecule has 0 fully saturated rings. The Morgan fingerprint density at radius 2 is 1.32 bits per heavy atom. The van der Waals surface area contributed by atoms with Crippen molar-refractivity contribution in [2.24, 2.45) is 0 Å². The van der Waals surface area contributed by atoms with Crippen LogP contribution in [0.3, 0.4) is 0 Å². The number of rotatable bonds is 4. The highest BCUT2D eigenvalue weighted by Gasteiger charge is 2.29. The summed E-state index contributed by atoms with van der Waals surface area (Å²) in [6, 6.07) is 17.2. The molecule has 1 N–H and O–H groups in total. The van der Waals surface area contributed by atoms with E-state index in [0.717, 1.165) is 21.5 Å². The first kappa shape index (κ1) is 19.1. The molecule has 5 nitrogen and oxygen atoms in total. The summed E-state index contributed by atoms with van der Waals surface area (Å²) in [4.78, 5) is 11.3. The number of carboxylic acids is 1. The SMILES string of the molecule is CO[Si](C)(OC)OC.O=C(O)c1cc2ccccc2c2ccccc12. The van der Waals surface area contributed by atoms with Crippen LogP contribution < -0.4 is 0 Å². The van der Waals surface area contributed by atoms with Gasteiger partial charge in [0.2, 0.25) is 0 Å². The van der Waals surface area contributed by atoms with E-state index in [4.69, 9.17) is 13.3 Å². The quantitative estimate of drug-likeness (QED) is 0.560. The fraction of sp³-hybridized carbons (Fsp3) is 0.211. The first-order valence-electron chi connectivity index (χ1n) is 7.75. The van der Waals surface area contributed by atoms with Crippen molar-refractivity contribution in [1.82, 2.24) is 0 Å². The third-order valence-corrected chi connectivity index (χ3v) is 6.34. The van der Waals surface area contributed by atoms with Gasteiger partial charge in [0, 0.05) is 27.9 Å². The second kappa shape index (κ2) is 8.22. The molecule has 0 saturated carbocycles. The van der Waals surface area contributed by atoms with Crippen LogP contribution in [0, 0.1) is 0 Å². The Morgan fingerprint density at radius 1 is 0.840 bits per heavy atom. The Kier molecular flexibility index (Phi) is 6.27. The highest BCUT2D eigenvalue weighted by molar-refractivity contribution is 6.58. The molecule has 0 spiro atoms. The highest BCUT2D eigenvalue weighted by atomic mass is 28.4. The lowest BCUT2D eigenvalue weighted by Gasteiger charge is -2.18. The normalized spacial score (nSPS) is 11.2. The molecule has 0 radical (unpaired) electrons. The molecule has 0 atom stereocenters. The number of carbonyl (C=O) groups is 1. The maximum Gasteiger partial charge on any atom is 0.496 e. The van der Waals surface area contributed by atoms with Crippen molar-refractivity contribution in [1.29, 1.82) is 0 Å². The van der Waals surface area contributed by atoms with E-state index in [0.29, 0.717) is 5.56 Å². The van der Waals surface area contributed by atoms with Crippen LogP contribution in [0.2, 0.25) is 6.55 Å². The maximum atomic E-state index is 11.3. The summed E-state index contributed by atoms with van der Waals surface area (Å²) in [6.45, 7) is 1.83. The predicted molar refractivity (Wildman–Crippen MR) is 101 cm³/mol. The summed E-state index contributed by atoms with van der Waals surface area (Å²) in [7, 11) is 2.58. The van der Waals surface area contributed by atoms with Crippen molar-refractivity contribution in [3.05, 3.63) is 60.2 Å². The van der Waals surface area contributed by atoms with Gasteiger partial charge in [0.1, 0.15) is 0 Å². The van der Waals surface area contributed by atoms with Crippen LogP contribution in [0.5, 0.6) is 0 Å². The van der Waals surface area contributed by atoms with Crippen LogP contribution in [0.15, 0.2) is 54.6 Å². The standard InChI is InChI=1S/C15H10O2.C4H12O3Si/c16-15(17)14-9-10-5-1-2-6-11(10)12-7-3-4-8-13(12)14;1-5-8(4,6-2)7-3/h1-9H,(H,16,17);1-4H3. The summed E-state index contributed by atoms with van der Waals surface area (Å²) in [5.41, 5.74) is 0.360. The van der Waals surface area contributed by atoms with E-state index in [9.17, 15) is 9.90 Å². The molecular formula is C19H22O5Si. The summed E-state index contributed by atoms with van der Waals surface area (Å²) < 4.78 is 14.8. The smallest absolute Gasteiger partial charge is 0.478 e. The van der Waals surface area contributed by atoms with Gasteiger partial charge in [0.15, 0.2) is 0 Å². The van der Waals surface area contributed by atoms with Gasteiger partial charge in [0.25, 0.3) is 0 Å². The number of hydrogen-bond donors (Lipinski definition) is 1. The minimum Gasteiger partial charge on any atom is -0.478 e. The highest BCUT2D eigenvalue weighted by Crippen LogP contribution is 2.28. The average Bonchev–Trinajstić information content (AvgIpc) is 2.67. The summed E-state index contributed by atoms with van der Waals surface area (Å²) >= 11 is 0. The van der Waals surface area contributed by atoms with Gasteiger partial charge in [-0.05, 0) is 27.6 Å². The lowest BCUT2D eigenvalue weighted by atomic mass is 9.97. The van der Waals surface area contributed by atoms with E-state index in [1.807, 2.05) is 55.1 Å². The van der Waals surface area contributed by atoms with Gasteiger partial charge in [0.05, 0.1) is 5.56 Å². The van der Waals surface area contributed by atoms with Crippen molar-refractivity contribution in [3.63, 3.8) is 0 Å². The Balaban J connectivity index is 0.000000242. The predicted octanol–water partition coefficient (Wildman–Crippen LogP) is 4.19. The topological polar surface area (TPSA) is 65.0 Å². The van der Waals surface area contributed by atoms with Crippen molar-refractivity contribution in [2.75, 3.05) is 21.3 Å². The maximum absolute atomic E-state index is 11.3. The molecule has 132 valence electrons. The molecule has 6 heteroatoms. The van der Waals surface area contributed by atoms with Gasteiger partial charge in [-0.25, -0.2) is 4.79 Å². The fourth-order valence-electron chi connectivity index (χ4n) is 2.48. The second-order valence-electron chi connectivity index (χ2n) is 5.47. The van der Waals surface area contributed by atoms with Gasteiger partial charge in [-0.15, -0.1) is 0 Å². The first-order chi connectivity index (χ1) is 12.0. The lowest BCUT2D eigenvalue weighted by Crippen LogP contribution is -2.38. The monoisotopic (exact) mass is 358 g/mol. The third-order valence-electron chi connectivity index (χ3n) is 4.11. The molecule has 0 aliphatic rings. The summed E-state index contributed by atoms with van der Waals surface area (Å²) in [5.74, 6) is -0.882. The minimum atomic E-state index is -2.17. The van der Waals surface area contributed by atoms with Gasteiger partial charge in [-0.3, -0.25) is 0 Å². The molecule has 0 aromatic heterocycles. The third kappa shape index (κ3) is 4.24. The summed E-state index contributed by atoms with van der Waals surface area (Å²) in [5, 5.41) is 13.1. The molecular weight excluding hydrogens is 336 g/mol. The van der Waals surface area contributed by atoms with E-state index >= 15 is 0 Å². The molecule has 0 amide bonds. The number of aromatic carboxylic acids is 1. The molecule has 0 heterocycles. The summed E-state index contributed by atoms with van der Waals surface area (Å²) in [6.07, 6.45) is 0. The number of hydrogen-bond acceptors (Lipinski definition) is 4. The van der Waals surface area contributed by atoms with Crippen molar-refractivity contribution in [3.8, 4) is 0 Å². The van der Waals surface area contributed by atoms with Crippen LogP contribution in [-0.4, -0.2) is 41.2 Å². The molecule has 0 aliphatic heterocycles. The number of benzene rings is 3. The van der Waals surface area contributed by atoms with Gasteiger partial charge in [-0.2, -0.15) is 0 Å². The molecule has 0 bridgehead atoms. The van der Waals surface area contributed by atoms with Crippen LogP contribution in [-0.2, 0) is 13.3 Å². The molecule has 0 saturated heterocycles. The fourth-order valence-corrected chi connectivity index (χ4v) is 2.98. The Morgan fingerprint density at radius 3 is 1.80 bits per heavy atom. The van der Waals surface area contributed by atoms with Crippen molar-refractivity contribution < 1.29 is 23.2 Å². The Labute approximate surface area is 148 Å². The lowest BCUT2D eigenvalue weighted by molar-refractivity contribution is 0.0699. The van der Waals surface area contributed by atoms with Crippen LogP contribution >= 0.6 is 0 Å². The van der Waals surface area contributed by atoms with E-state index in [1.165, 1.54) is 0 Å². The van der Waals surface area contributed by atoms with E-state index in [-0.39, 0.29) is 0 Å². The van der Waals surface area contributed by atoms with Crippen LogP contribution in [0.25, 0.3) is 21.5 Å². The Bertz CT molecular complexity index is 866. The largest absolute Gasteiger partial charge is 0.496 e. The molecule has 0 aliphatic carbocycles. The second-order valence-corrected chi connectivity index (χ2v) is 8.42. The minimum absolute atomic E-state index is 0.360. The van der Waals surface area contributed by atoms with Crippen molar-refractivity contribution >= 4 is 36.3 Å². The van der Waals surface area contributed by atoms with E-state index in [2.05, 4.69) is 0 Å². The van der Waals surface area contributed by atoms with Crippen LogP contribution in [0.1, 0.15) is 10.4 Å². The zero-order valence-electron chi connectivity index (χ0n) is 14.8. The van der Waals surface area contributed by atoms with Crippen molar-refractivity contribution in [2.45, 2.75) is 6.55 Å². The average molecular weight is 358 g/mol. The van der Waals surface area contributed by atoms with Crippen LogP contribution in [0.4, 0.5) is 0 Å². The molecule has 3 rings (SSSR count). The van der Waals surface area contributed by atoms with Gasteiger partial charge >= 0.3 is 14.8 Å². The number of carboxylic acid groups (broad SMARTS) is 1. The number of fused-ring (bicyclic) bond motifs is 3. The zero-order chi connectivity index (χ0) is 18.4. The molecule has 3 aromatic rings. The zero-order valence-corrected chi connectivity index (χ0v) is 15.8. The molecule has 0 unspecified atom stereocenters. The van der Waals surface area contributed by atoms with E-state index < -0.39 is 14.8 Å².